The molecule has 0 radical (unpaired) electrons. The number of aryl methyl sites for hydroxylation is 3. The minimum absolute atomic E-state index is 0.248. The quantitative estimate of drug-likeness (QED) is 0.905. The number of thiazole rings is 1. The zero-order valence-corrected chi connectivity index (χ0v) is 12.0. The van der Waals surface area contributed by atoms with Crippen molar-refractivity contribution < 1.29 is 9.90 Å². The summed E-state index contributed by atoms with van der Waals surface area (Å²) in [5.41, 5.74) is 3.24. The van der Waals surface area contributed by atoms with Gasteiger partial charge in [0.25, 0.3) is 0 Å². The smallest absolute Gasteiger partial charge is 0.339 e. The summed E-state index contributed by atoms with van der Waals surface area (Å²) < 4.78 is 0. The van der Waals surface area contributed by atoms with E-state index >= 15 is 0 Å². The second-order valence-electron chi connectivity index (χ2n) is 4.86. The Morgan fingerprint density at radius 2 is 2.30 bits per heavy atom. The van der Waals surface area contributed by atoms with E-state index in [-0.39, 0.29) is 5.56 Å². The number of carboxylic acid groups (broad SMARTS) is 1. The van der Waals surface area contributed by atoms with Crippen molar-refractivity contribution in [2.75, 3.05) is 5.32 Å². The summed E-state index contributed by atoms with van der Waals surface area (Å²) in [7, 11) is 0. The van der Waals surface area contributed by atoms with Crippen molar-refractivity contribution >= 4 is 23.1 Å². The van der Waals surface area contributed by atoms with Crippen LogP contribution in [0.25, 0.3) is 0 Å². The Morgan fingerprint density at radius 1 is 1.45 bits per heavy atom. The number of aromatic nitrogens is 2. The van der Waals surface area contributed by atoms with Crippen LogP contribution in [0, 0.1) is 6.92 Å². The predicted molar refractivity (Wildman–Crippen MR) is 77.4 cm³/mol. The molecule has 2 N–H and O–H groups in total. The van der Waals surface area contributed by atoms with Gasteiger partial charge in [0.1, 0.15) is 11.4 Å². The van der Waals surface area contributed by atoms with E-state index in [0.29, 0.717) is 12.4 Å². The van der Waals surface area contributed by atoms with Gasteiger partial charge in [0, 0.05) is 11.1 Å². The summed E-state index contributed by atoms with van der Waals surface area (Å²) in [6.45, 7) is 2.45. The maximum Gasteiger partial charge on any atom is 0.339 e. The standard InChI is InChI=1S/C14H15N3O2S/c1-8-16-10(7-20-8)6-15-13-11(14(18)19)5-9-3-2-4-12(9)17-13/h5,7H,2-4,6H2,1H3,(H,15,17)(H,18,19). The number of rotatable bonds is 4. The third kappa shape index (κ3) is 2.51. The van der Waals surface area contributed by atoms with E-state index in [1.807, 2.05) is 12.3 Å². The molecule has 6 heteroatoms. The highest BCUT2D eigenvalue weighted by atomic mass is 32.1. The van der Waals surface area contributed by atoms with Crippen molar-refractivity contribution in [3.05, 3.63) is 39.0 Å². The Morgan fingerprint density at radius 3 is 3.00 bits per heavy atom. The normalized spacial score (nSPS) is 13.2. The summed E-state index contributed by atoms with van der Waals surface area (Å²) in [5.74, 6) is -0.493. The minimum atomic E-state index is -0.941. The molecule has 3 rings (SSSR count). The summed E-state index contributed by atoms with van der Waals surface area (Å²) in [5, 5.41) is 15.4. The summed E-state index contributed by atoms with van der Waals surface area (Å²) in [4.78, 5) is 20.2. The van der Waals surface area contributed by atoms with Crippen molar-refractivity contribution in [2.45, 2.75) is 32.7 Å². The molecule has 0 unspecified atom stereocenters. The molecule has 0 bridgehead atoms. The molecule has 0 aromatic carbocycles. The molecular weight excluding hydrogens is 274 g/mol. The first kappa shape index (κ1) is 13.1. The molecule has 20 heavy (non-hydrogen) atoms. The molecule has 0 saturated heterocycles. The van der Waals surface area contributed by atoms with E-state index in [0.717, 1.165) is 41.2 Å². The van der Waals surface area contributed by atoms with Crippen LogP contribution < -0.4 is 5.32 Å². The van der Waals surface area contributed by atoms with Crippen LogP contribution >= 0.6 is 11.3 Å². The van der Waals surface area contributed by atoms with Gasteiger partial charge in [0.05, 0.1) is 17.2 Å². The van der Waals surface area contributed by atoms with Gasteiger partial charge < -0.3 is 10.4 Å². The van der Waals surface area contributed by atoms with Crippen LogP contribution in [0.2, 0.25) is 0 Å². The number of hydrogen-bond donors (Lipinski definition) is 2. The number of carbonyl (C=O) groups is 1. The van der Waals surface area contributed by atoms with Crippen molar-refractivity contribution in [3.63, 3.8) is 0 Å². The maximum absolute atomic E-state index is 11.3. The highest BCUT2D eigenvalue weighted by Gasteiger charge is 2.19. The first-order valence-electron chi connectivity index (χ1n) is 6.54. The van der Waals surface area contributed by atoms with E-state index in [1.54, 1.807) is 17.4 Å². The molecule has 1 aliphatic rings. The molecule has 104 valence electrons. The molecule has 0 spiro atoms. The fraction of sp³-hybridized carbons (Fsp3) is 0.357. The second kappa shape index (κ2) is 5.20. The minimum Gasteiger partial charge on any atom is -0.478 e. The summed E-state index contributed by atoms with van der Waals surface area (Å²) >= 11 is 1.58. The van der Waals surface area contributed by atoms with Crippen LogP contribution in [0.3, 0.4) is 0 Å². The number of carboxylic acids is 1. The molecule has 0 fully saturated rings. The molecule has 0 amide bonds. The van der Waals surface area contributed by atoms with Crippen molar-refractivity contribution in [1.29, 1.82) is 0 Å². The van der Waals surface area contributed by atoms with Crippen LogP contribution in [0.4, 0.5) is 5.82 Å². The van der Waals surface area contributed by atoms with Gasteiger partial charge in [-0.2, -0.15) is 0 Å². The molecule has 2 aromatic rings. The average Bonchev–Trinajstić information content (AvgIpc) is 3.03. The molecule has 0 aliphatic heterocycles. The first-order valence-corrected chi connectivity index (χ1v) is 7.42. The van der Waals surface area contributed by atoms with Gasteiger partial charge in [-0.1, -0.05) is 0 Å². The first-order chi connectivity index (χ1) is 9.63. The van der Waals surface area contributed by atoms with Gasteiger partial charge in [-0.25, -0.2) is 14.8 Å². The van der Waals surface area contributed by atoms with E-state index in [2.05, 4.69) is 15.3 Å². The average molecular weight is 289 g/mol. The molecule has 5 nitrogen and oxygen atoms in total. The Balaban J connectivity index is 1.86. The second-order valence-corrected chi connectivity index (χ2v) is 5.92. The van der Waals surface area contributed by atoms with Gasteiger partial charge in [0.15, 0.2) is 0 Å². The zero-order valence-electron chi connectivity index (χ0n) is 11.1. The fourth-order valence-electron chi connectivity index (χ4n) is 2.43. The zero-order chi connectivity index (χ0) is 14.1. The Labute approximate surface area is 120 Å². The third-order valence-corrected chi connectivity index (χ3v) is 4.21. The lowest BCUT2D eigenvalue weighted by Crippen LogP contribution is -2.10. The topological polar surface area (TPSA) is 75.1 Å². The van der Waals surface area contributed by atoms with E-state index in [1.165, 1.54) is 0 Å². The van der Waals surface area contributed by atoms with Crippen LogP contribution in [0.5, 0.6) is 0 Å². The molecule has 2 aromatic heterocycles. The number of fused-ring (bicyclic) bond motifs is 1. The molecule has 0 saturated carbocycles. The largest absolute Gasteiger partial charge is 0.478 e. The number of nitrogens with zero attached hydrogens (tertiary/aromatic N) is 2. The molecule has 1 aliphatic carbocycles. The van der Waals surface area contributed by atoms with Crippen LogP contribution in [0.1, 0.15) is 38.7 Å². The fourth-order valence-corrected chi connectivity index (χ4v) is 3.05. The monoisotopic (exact) mass is 289 g/mol. The number of aromatic carboxylic acids is 1. The van der Waals surface area contributed by atoms with E-state index < -0.39 is 5.97 Å². The molecule has 0 atom stereocenters. The third-order valence-electron chi connectivity index (χ3n) is 3.38. The number of hydrogen-bond acceptors (Lipinski definition) is 5. The van der Waals surface area contributed by atoms with E-state index in [4.69, 9.17) is 0 Å². The van der Waals surface area contributed by atoms with Crippen LogP contribution in [0.15, 0.2) is 11.4 Å². The maximum atomic E-state index is 11.3. The lowest BCUT2D eigenvalue weighted by molar-refractivity contribution is 0.0697. The lowest BCUT2D eigenvalue weighted by atomic mass is 10.1. The Bertz CT molecular complexity index is 666. The Kier molecular flexibility index (Phi) is 3.40. The van der Waals surface area contributed by atoms with Gasteiger partial charge in [-0.05, 0) is 37.8 Å². The lowest BCUT2D eigenvalue weighted by Gasteiger charge is -2.10. The Hall–Kier alpha value is -1.95. The summed E-state index contributed by atoms with van der Waals surface area (Å²) in [6, 6.07) is 1.76. The van der Waals surface area contributed by atoms with E-state index in [9.17, 15) is 9.90 Å². The van der Waals surface area contributed by atoms with Gasteiger partial charge in [0.2, 0.25) is 0 Å². The van der Waals surface area contributed by atoms with Gasteiger partial charge in [-0.3, -0.25) is 0 Å². The van der Waals surface area contributed by atoms with Gasteiger partial charge in [-0.15, -0.1) is 11.3 Å². The SMILES string of the molecule is Cc1nc(CNc2nc3c(cc2C(=O)O)CCC3)cs1. The van der Waals surface area contributed by atoms with Gasteiger partial charge >= 0.3 is 5.97 Å². The highest BCUT2D eigenvalue weighted by Crippen LogP contribution is 2.25. The van der Waals surface area contributed by atoms with Crippen LogP contribution in [-0.2, 0) is 19.4 Å². The molecular formula is C14H15N3O2S. The van der Waals surface area contributed by atoms with Crippen molar-refractivity contribution in [3.8, 4) is 0 Å². The highest BCUT2D eigenvalue weighted by molar-refractivity contribution is 7.09. The molecule has 2 heterocycles. The predicted octanol–water partition coefficient (Wildman–Crippen LogP) is 2.65. The van der Waals surface area contributed by atoms with Crippen LogP contribution in [-0.4, -0.2) is 21.0 Å². The van der Waals surface area contributed by atoms with Crippen molar-refractivity contribution in [2.24, 2.45) is 0 Å². The summed E-state index contributed by atoms with van der Waals surface area (Å²) in [6.07, 6.45) is 2.91. The van der Waals surface area contributed by atoms with Crippen molar-refractivity contribution in [1.82, 2.24) is 9.97 Å². The number of anilines is 1. The number of nitrogens with one attached hydrogen (secondary N) is 1. The number of pyridine rings is 1.